The molecule has 0 aliphatic carbocycles. The molecular weight excluding hydrogens is 270 g/mol. The lowest BCUT2D eigenvalue weighted by atomic mass is 10.3. The highest BCUT2D eigenvalue weighted by atomic mass is 32.1. The molecule has 2 aromatic heterocycles. The van der Waals surface area contributed by atoms with Gasteiger partial charge >= 0.3 is 5.97 Å². The molecule has 19 heavy (non-hydrogen) atoms. The Balaban J connectivity index is 2.20. The molecule has 0 aliphatic heterocycles. The van der Waals surface area contributed by atoms with Crippen LogP contribution in [0.1, 0.15) is 20.2 Å². The predicted molar refractivity (Wildman–Crippen MR) is 68.5 cm³/mol. The molecule has 0 saturated heterocycles. The number of ether oxygens (including phenoxy) is 1. The van der Waals surface area contributed by atoms with Crippen LogP contribution in [-0.2, 0) is 4.74 Å². The van der Waals surface area contributed by atoms with Gasteiger partial charge < -0.3 is 15.0 Å². The van der Waals surface area contributed by atoms with Crippen LogP contribution in [0.3, 0.4) is 0 Å². The van der Waals surface area contributed by atoms with Gasteiger partial charge in [0, 0.05) is 6.20 Å². The summed E-state index contributed by atoms with van der Waals surface area (Å²) in [5.41, 5.74) is -0.0150. The van der Waals surface area contributed by atoms with E-state index in [1.165, 1.54) is 13.3 Å². The third-order valence-corrected chi connectivity index (χ3v) is 3.08. The first-order chi connectivity index (χ1) is 9.11. The second-order valence-electron chi connectivity index (χ2n) is 3.41. The molecule has 0 aliphatic rings. The lowest BCUT2D eigenvalue weighted by Crippen LogP contribution is -2.17. The molecule has 2 rings (SSSR count). The van der Waals surface area contributed by atoms with Crippen molar-refractivity contribution in [1.29, 1.82) is 0 Å². The Morgan fingerprint density at radius 3 is 2.89 bits per heavy atom. The quantitative estimate of drug-likeness (QED) is 0.812. The highest BCUT2D eigenvalue weighted by Gasteiger charge is 2.16. The summed E-state index contributed by atoms with van der Waals surface area (Å²) < 4.78 is 4.60. The van der Waals surface area contributed by atoms with Crippen molar-refractivity contribution in [1.82, 2.24) is 9.97 Å². The van der Waals surface area contributed by atoms with E-state index in [0.29, 0.717) is 10.6 Å². The normalized spacial score (nSPS) is 9.95. The Labute approximate surface area is 111 Å². The maximum atomic E-state index is 11.8. The number of hydrogen-bond donors (Lipinski definition) is 2. The van der Waals surface area contributed by atoms with Gasteiger partial charge in [0.1, 0.15) is 10.6 Å². The molecule has 0 aromatic carbocycles. The van der Waals surface area contributed by atoms with Crippen LogP contribution in [0.4, 0.5) is 5.69 Å². The van der Waals surface area contributed by atoms with Crippen LogP contribution in [0.5, 0.6) is 0 Å². The fourth-order valence-electron chi connectivity index (χ4n) is 1.31. The van der Waals surface area contributed by atoms with Crippen molar-refractivity contribution in [2.75, 3.05) is 12.4 Å². The van der Waals surface area contributed by atoms with Gasteiger partial charge in [0.25, 0.3) is 11.5 Å². The van der Waals surface area contributed by atoms with Crippen molar-refractivity contribution in [3.63, 3.8) is 0 Å². The topological polar surface area (TPSA) is 101 Å². The molecule has 0 radical (unpaired) electrons. The molecule has 0 spiro atoms. The molecule has 0 bridgehead atoms. The molecule has 98 valence electrons. The number of esters is 1. The molecule has 1 amide bonds. The van der Waals surface area contributed by atoms with Gasteiger partial charge in [-0.3, -0.25) is 9.59 Å². The average molecular weight is 279 g/mol. The van der Waals surface area contributed by atoms with Crippen molar-refractivity contribution >= 4 is 28.9 Å². The number of aromatic nitrogens is 2. The summed E-state index contributed by atoms with van der Waals surface area (Å²) in [6, 6.07) is 1.58. The Morgan fingerprint density at radius 1 is 1.47 bits per heavy atom. The molecule has 7 nitrogen and oxygen atoms in total. The first-order valence-corrected chi connectivity index (χ1v) is 6.01. The van der Waals surface area contributed by atoms with Gasteiger partial charge in [-0.2, -0.15) is 0 Å². The molecule has 0 unspecified atom stereocenters. The summed E-state index contributed by atoms with van der Waals surface area (Å²) in [7, 11) is 1.26. The molecule has 0 fully saturated rings. The molecule has 0 atom stereocenters. The lowest BCUT2D eigenvalue weighted by Gasteiger charge is -2.04. The van der Waals surface area contributed by atoms with E-state index < -0.39 is 17.4 Å². The standard InChI is InChI=1S/C11H9N3O4S/c1-18-11(17)9-6(2-3-19-9)14-10(16)7-4-13-8(15)5-12-7/h2-5H,1H3,(H,13,15)(H,14,16). The number of nitrogens with one attached hydrogen (secondary N) is 2. The minimum Gasteiger partial charge on any atom is -0.465 e. The highest BCUT2D eigenvalue weighted by molar-refractivity contribution is 7.12. The number of rotatable bonds is 3. The van der Waals surface area contributed by atoms with Gasteiger partial charge in [0.15, 0.2) is 0 Å². The van der Waals surface area contributed by atoms with E-state index in [4.69, 9.17) is 0 Å². The van der Waals surface area contributed by atoms with Gasteiger partial charge in [-0.15, -0.1) is 11.3 Å². The van der Waals surface area contributed by atoms with E-state index in [2.05, 4.69) is 20.0 Å². The highest BCUT2D eigenvalue weighted by Crippen LogP contribution is 2.23. The van der Waals surface area contributed by atoms with E-state index in [9.17, 15) is 14.4 Å². The monoisotopic (exact) mass is 279 g/mol. The van der Waals surface area contributed by atoms with Crippen LogP contribution in [0.15, 0.2) is 28.6 Å². The van der Waals surface area contributed by atoms with Crippen molar-refractivity contribution in [2.24, 2.45) is 0 Å². The zero-order chi connectivity index (χ0) is 13.8. The van der Waals surface area contributed by atoms with Crippen LogP contribution >= 0.6 is 11.3 Å². The third kappa shape index (κ3) is 2.86. The van der Waals surface area contributed by atoms with Crippen molar-refractivity contribution in [3.05, 3.63) is 44.8 Å². The smallest absolute Gasteiger partial charge is 0.350 e. The molecule has 2 aromatic rings. The third-order valence-electron chi connectivity index (χ3n) is 2.19. The Bertz CT molecular complexity index is 656. The van der Waals surface area contributed by atoms with Gasteiger partial charge in [-0.1, -0.05) is 0 Å². The van der Waals surface area contributed by atoms with Gasteiger partial charge in [-0.05, 0) is 11.4 Å². The van der Waals surface area contributed by atoms with Crippen molar-refractivity contribution in [3.8, 4) is 0 Å². The predicted octanol–water partition coefficient (Wildman–Crippen LogP) is 0.870. The number of carbonyl (C=O) groups excluding carboxylic acids is 2. The number of hydrogen-bond acceptors (Lipinski definition) is 6. The molecule has 0 saturated carbocycles. The van der Waals surface area contributed by atoms with E-state index in [1.807, 2.05) is 0 Å². The zero-order valence-electron chi connectivity index (χ0n) is 9.80. The number of H-pyrrole nitrogens is 1. The second kappa shape index (κ2) is 5.44. The maximum Gasteiger partial charge on any atom is 0.350 e. The number of methoxy groups -OCH3 is 1. The number of anilines is 1. The molecular formula is C11H9N3O4S. The maximum absolute atomic E-state index is 11.8. The Hall–Kier alpha value is -2.48. The van der Waals surface area contributed by atoms with Crippen LogP contribution in [0, 0.1) is 0 Å². The van der Waals surface area contributed by atoms with Gasteiger partial charge in [0.2, 0.25) is 0 Å². The number of thiophene rings is 1. The summed E-state index contributed by atoms with van der Waals surface area (Å²) in [6.07, 6.45) is 2.20. The summed E-state index contributed by atoms with van der Waals surface area (Å²) in [4.78, 5) is 40.4. The van der Waals surface area contributed by atoms with Crippen molar-refractivity contribution < 1.29 is 14.3 Å². The van der Waals surface area contributed by atoms with Crippen LogP contribution < -0.4 is 10.9 Å². The fourth-order valence-corrected chi connectivity index (χ4v) is 2.08. The van der Waals surface area contributed by atoms with Gasteiger partial charge in [-0.25, -0.2) is 9.78 Å². The number of aromatic amines is 1. The Morgan fingerprint density at radius 2 is 2.26 bits per heavy atom. The fraction of sp³-hybridized carbons (Fsp3) is 0.0909. The lowest BCUT2D eigenvalue weighted by molar-refractivity contribution is 0.0607. The minimum atomic E-state index is -0.528. The van der Waals surface area contributed by atoms with E-state index >= 15 is 0 Å². The van der Waals surface area contributed by atoms with Crippen molar-refractivity contribution in [2.45, 2.75) is 0 Å². The summed E-state index contributed by atoms with van der Waals surface area (Å²) in [5.74, 6) is -1.06. The Kier molecular flexibility index (Phi) is 3.71. The largest absolute Gasteiger partial charge is 0.465 e. The molecule has 2 N–H and O–H groups in total. The number of carbonyl (C=O) groups is 2. The number of nitrogens with zero attached hydrogens (tertiary/aromatic N) is 1. The van der Waals surface area contributed by atoms with Crippen LogP contribution in [0.25, 0.3) is 0 Å². The van der Waals surface area contributed by atoms with E-state index in [0.717, 1.165) is 17.5 Å². The summed E-state index contributed by atoms with van der Waals surface area (Å²) in [6.45, 7) is 0. The van der Waals surface area contributed by atoms with Gasteiger partial charge in [0.05, 0.1) is 19.0 Å². The van der Waals surface area contributed by atoms with Crippen LogP contribution in [-0.4, -0.2) is 29.0 Å². The SMILES string of the molecule is COC(=O)c1sccc1NC(=O)c1c[nH]c(=O)cn1. The molecule has 8 heteroatoms. The zero-order valence-corrected chi connectivity index (χ0v) is 10.6. The second-order valence-corrected chi connectivity index (χ2v) is 4.32. The average Bonchev–Trinajstić information content (AvgIpc) is 2.86. The minimum absolute atomic E-state index is 0.0432. The molecule has 2 heterocycles. The first-order valence-electron chi connectivity index (χ1n) is 5.13. The van der Waals surface area contributed by atoms with Crippen LogP contribution in [0.2, 0.25) is 0 Å². The number of amides is 1. The summed E-state index contributed by atoms with van der Waals surface area (Å²) >= 11 is 1.15. The summed E-state index contributed by atoms with van der Waals surface area (Å²) in [5, 5.41) is 4.18. The first kappa shape index (κ1) is 13.0. The van der Waals surface area contributed by atoms with E-state index in [-0.39, 0.29) is 5.69 Å². The van der Waals surface area contributed by atoms with E-state index in [1.54, 1.807) is 11.4 Å².